The summed E-state index contributed by atoms with van der Waals surface area (Å²) in [7, 11) is 2.05. The fourth-order valence-electron chi connectivity index (χ4n) is 1.22. The molecule has 0 atom stereocenters. The third-order valence-electron chi connectivity index (χ3n) is 2.25. The highest BCUT2D eigenvalue weighted by atomic mass is 16.5. The third kappa shape index (κ3) is 1.81. The second-order valence-corrected chi connectivity index (χ2v) is 3.66. The first-order chi connectivity index (χ1) is 5.54. The van der Waals surface area contributed by atoms with Gasteiger partial charge in [0, 0.05) is 19.3 Å². The summed E-state index contributed by atoms with van der Waals surface area (Å²) < 4.78 is 5.53. The molecule has 0 N–H and O–H groups in total. The van der Waals surface area contributed by atoms with Gasteiger partial charge in [0.15, 0.2) is 0 Å². The van der Waals surface area contributed by atoms with Crippen molar-refractivity contribution in [3.63, 3.8) is 0 Å². The molecule has 1 aliphatic rings. The lowest BCUT2D eigenvalue weighted by Gasteiger charge is -2.34. The molecule has 2 nitrogen and oxygen atoms in total. The Morgan fingerprint density at radius 3 is 2.92 bits per heavy atom. The van der Waals surface area contributed by atoms with Crippen LogP contribution in [0.1, 0.15) is 20.3 Å². The van der Waals surface area contributed by atoms with Crippen molar-refractivity contribution in [1.82, 2.24) is 4.90 Å². The van der Waals surface area contributed by atoms with Crippen molar-refractivity contribution in [2.24, 2.45) is 0 Å². The average Bonchev–Trinajstić information content (AvgIpc) is 2.00. The van der Waals surface area contributed by atoms with Gasteiger partial charge in [-0.1, -0.05) is 6.58 Å². The van der Waals surface area contributed by atoms with E-state index in [-0.39, 0.29) is 5.60 Å². The lowest BCUT2D eigenvalue weighted by atomic mass is 10.0. The van der Waals surface area contributed by atoms with E-state index in [1.807, 2.05) is 27.0 Å². The smallest absolute Gasteiger partial charge is 0.141 e. The van der Waals surface area contributed by atoms with Gasteiger partial charge in [0.2, 0.25) is 0 Å². The number of ether oxygens (including phenoxy) is 1. The van der Waals surface area contributed by atoms with Crippen LogP contribution in [0, 0.1) is 0 Å². The molecule has 0 saturated heterocycles. The second kappa shape index (κ2) is 3.21. The van der Waals surface area contributed by atoms with Gasteiger partial charge in [-0.15, -0.1) is 0 Å². The molecule has 1 aliphatic heterocycles. The summed E-state index contributed by atoms with van der Waals surface area (Å²) >= 11 is 0. The van der Waals surface area contributed by atoms with Gasteiger partial charge in [-0.3, -0.25) is 0 Å². The Balaban J connectivity index is 2.80. The SMILES string of the molecule is C=C1N(C)CC/C=C\OC1(C)C. The standard InChI is InChI=1S/C10H17NO/c1-9-10(2,3)12-8-6-5-7-11(9)4/h6,8H,1,5,7H2,2-4H3/b8-6-. The minimum Gasteiger partial charge on any atom is -0.490 e. The first-order valence-electron chi connectivity index (χ1n) is 4.27. The minimum absolute atomic E-state index is 0.272. The quantitative estimate of drug-likeness (QED) is 0.548. The maximum atomic E-state index is 5.53. The zero-order valence-electron chi connectivity index (χ0n) is 8.13. The van der Waals surface area contributed by atoms with E-state index in [0.29, 0.717) is 0 Å². The first-order valence-corrected chi connectivity index (χ1v) is 4.27. The average molecular weight is 167 g/mol. The maximum Gasteiger partial charge on any atom is 0.141 e. The molecule has 0 spiro atoms. The molecular weight excluding hydrogens is 150 g/mol. The van der Waals surface area contributed by atoms with Crippen molar-refractivity contribution >= 4 is 0 Å². The van der Waals surface area contributed by atoms with Crippen molar-refractivity contribution in [3.05, 3.63) is 24.6 Å². The molecular formula is C10H17NO. The topological polar surface area (TPSA) is 12.5 Å². The van der Waals surface area contributed by atoms with E-state index in [1.54, 1.807) is 6.26 Å². The molecule has 0 bridgehead atoms. The van der Waals surface area contributed by atoms with Gasteiger partial charge >= 0.3 is 0 Å². The molecule has 1 rings (SSSR count). The van der Waals surface area contributed by atoms with E-state index >= 15 is 0 Å². The summed E-state index contributed by atoms with van der Waals surface area (Å²) in [5, 5.41) is 0. The van der Waals surface area contributed by atoms with Crippen LogP contribution in [-0.2, 0) is 4.74 Å². The maximum absolute atomic E-state index is 5.53. The molecule has 0 aromatic rings. The largest absolute Gasteiger partial charge is 0.490 e. The Bertz CT molecular complexity index is 206. The van der Waals surface area contributed by atoms with E-state index < -0.39 is 0 Å². The summed E-state index contributed by atoms with van der Waals surface area (Å²) in [5.41, 5.74) is 0.762. The van der Waals surface area contributed by atoms with Crippen LogP contribution >= 0.6 is 0 Å². The van der Waals surface area contributed by atoms with E-state index in [0.717, 1.165) is 18.7 Å². The molecule has 0 saturated carbocycles. The summed E-state index contributed by atoms with van der Waals surface area (Å²) in [6.07, 6.45) is 4.84. The van der Waals surface area contributed by atoms with Crippen LogP contribution in [0.15, 0.2) is 24.6 Å². The number of rotatable bonds is 0. The predicted octanol–water partition coefficient (Wildman–Crippen LogP) is 2.14. The van der Waals surface area contributed by atoms with Gasteiger partial charge in [0.1, 0.15) is 5.60 Å². The van der Waals surface area contributed by atoms with E-state index in [4.69, 9.17) is 4.74 Å². The van der Waals surface area contributed by atoms with Gasteiger partial charge < -0.3 is 9.64 Å². The first kappa shape index (κ1) is 9.17. The fourth-order valence-corrected chi connectivity index (χ4v) is 1.22. The Morgan fingerprint density at radius 2 is 2.25 bits per heavy atom. The highest BCUT2D eigenvalue weighted by Gasteiger charge is 2.25. The molecule has 0 aromatic carbocycles. The van der Waals surface area contributed by atoms with E-state index in [9.17, 15) is 0 Å². The number of hydrogen-bond donors (Lipinski definition) is 0. The van der Waals surface area contributed by atoms with Crippen molar-refractivity contribution in [2.75, 3.05) is 13.6 Å². The van der Waals surface area contributed by atoms with Crippen LogP contribution < -0.4 is 0 Å². The molecule has 12 heavy (non-hydrogen) atoms. The zero-order chi connectivity index (χ0) is 9.19. The van der Waals surface area contributed by atoms with Crippen LogP contribution in [0.2, 0.25) is 0 Å². The normalized spacial score (nSPS) is 25.6. The number of hydrogen-bond acceptors (Lipinski definition) is 2. The molecule has 68 valence electrons. The van der Waals surface area contributed by atoms with Crippen LogP contribution in [0.25, 0.3) is 0 Å². The van der Waals surface area contributed by atoms with Gasteiger partial charge in [-0.05, 0) is 26.3 Å². The highest BCUT2D eigenvalue weighted by molar-refractivity contribution is 5.10. The molecule has 0 aromatic heterocycles. The van der Waals surface area contributed by atoms with E-state index in [2.05, 4.69) is 11.5 Å². The molecule has 0 fully saturated rings. The number of nitrogens with zero attached hydrogens (tertiary/aromatic N) is 1. The molecule has 0 unspecified atom stereocenters. The van der Waals surface area contributed by atoms with Crippen molar-refractivity contribution in [1.29, 1.82) is 0 Å². The van der Waals surface area contributed by atoms with Crippen LogP contribution in [0.4, 0.5) is 0 Å². The Hall–Kier alpha value is -0.920. The summed E-state index contributed by atoms with van der Waals surface area (Å²) in [5.74, 6) is 0. The Labute approximate surface area is 74.5 Å². The third-order valence-corrected chi connectivity index (χ3v) is 2.25. The molecule has 0 amide bonds. The monoisotopic (exact) mass is 167 g/mol. The van der Waals surface area contributed by atoms with Crippen molar-refractivity contribution < 1.29 is 4.74 Å². The van der Waals surface area contributed by atoms with Gasteiger partial charge in [-0.2, -0.15) is 0 Å². The second-order valence-electron chi connectivity index (χ2n) is 3.66. The molecule has 1 heterocycles. The molecule has 0 aliphatic carbocycles. The lowest BCUT2D eigenvalue weighted by Crippen LogP contribution is -2.35. The van der Waals surface area contributed by atoms with Crippen LogP contribution in [0.5, 0.6) is 0 Å². The minimum atomic E-state index is -0.272. The van der Waals surface area contributed by atoms with Crippen LogP contribution in [-0.4, -0.2) is 24.1 Å². The van der Waals surface area contributed by atoms with Crippen molar-refractivity contribution in [2.45, 2.75) is 25.9 Å². The molecule has 0 radical (unpaired) electrons. The zero-order valence-corrected chi connectivity index (χ0v) is 8.13. The Kier molecular flexibility index (Phi) is 2.46. The van der Waals surface area contributed by atoms with E-state index in [1.165, 1.54) is 0 Å². The number of likely N-dealkylation sites (N-methyl/N-ethyl adjacent to an activating group) is 1. The summed E-state index contributed by atoms with van der Waals surface area (Å²) in [4.78, 5) is 2.14. The predicted molar refractivity (Wildman–Crippen MR) is 50.7 cm³/mol. The fraction of sp³-hybridized carbons (Fsp3) is 0.600. The van der Waals surface area contributed by atoms with Crippen molar-refractivity contribution in [3.8, 4) is 0 Å². The summed E-state index contributed by atoms with van der Waals surface area (Å²) in [6.45, 7) is 9.09. The molecule has 2 heteroatoms. The highest BCUT2D eigenvalue weighted by Crippen LogP contribution is 2.23. The summed E-state index contributed by atoms with van der Waals surface area (Å²) in [6, 6.07) is 0. The van der Waals surface area contributed by atoms with Gasteiger partial charge in [-0.25, -0.2) is 0 Å². The van der Waals surface area contributed by atoms with Gasteiger partial charge in [0.05, 0.1) is 6.26 Å². The Morgan fingerprint density at radius 1 is 1.58 bits per heavy atom. The van der Waals surface area contributed by atoms with Crippen LogP contribution in [0.3, 0.4) is 0 Å². The van der Waals surface area contributed by atoms with Gasteiger partial charge in [0.25, 0.3) is 0 Å². The lowest BCUT2D eigenvalue weighted by molar-refractivity contribution is 0.0626.